The maximum absolute atomic E-state index is 14.1. The minimum atomic E-state index is -0.549. The van der Waals surface area contributed by atoms with Crippen LogP contribution in [0.15, 0.2) is 30.6 Å². The second kappa shape index (κ2) is 13.2. The normalized spacial score (nSPS) is 19.7. The molecule has 3 atom stereocenters. The van der Waals surface area contributed by atoms with Crippen LogP contribution >= 0.6 is 11.6 Å². The third-order valence-corrected chi connectivity index (χ3v) is 8.46. The van der Waals surface area contributed by atoms with Crippen LogP contribution in [0.3, 0.4) is 0 Å². The molecule has 1 aromatic heterocycles. The molecule has 218 valence electrons. The smallest absolute Gasteiger partial charge is 0.236 e. The number of nitrogens with zero attached hydrogens (tertiary/aromatic N) is 6. The van der Waals surface area contributed by atoms with E-state index in [9.17, 15) is 14.7 Å². The Bertz CT molecular complexity index is 1170. The van der Waals surface area contributed by atoms with Gasteiger partial charge in [-0.15, -0.1) is 0 Å². The summed E-state index contributed by atoms with van der Waals surface area (Å²) in [5.74, 6) is 0.662. The number of likely N-dealkylation sites (N-methyl/N-ethyl adjacent to an activating group) is 1. The molecule has 1 aliphatic carbocycles. The monoisotopic (exact) mass is 571 g/mol. The number of halogens is 1. The lowest BCUT2D eigenvalue weighted by atomic mass is 9.95. The van der Waals surface area contributed by atoms with Gasteiger partial charge in [0.2, 0.25) is 11.8 Å². The maximum atomic E-state index is 14.1. The Kier molecular flexibility index (Phi) is 9.99. The molecule has 0 unspecified atom stereocenters. The van der Waals surface area contributed by atoms with Gasteiger partial charge < -0.3 is 25.5 Å². The van der Waals surface area contributed by atoms with E-state index < -0.39 is 6.10 Å². The topological polar surface area (TPSA) is 119 Å². The van der Waals surface area contributed by atoms with Crippen molar-refractivity contribution in [3.05, 3.63) is 52.4 Å². The zero-order chi connectivity index (χ0) is 29.0. The van der Waals surface area contributed by atoms with Crippen LogP contribution in [-0.2, 0) is 9.59 Å². The fourth-order valence-electron chi connectivity index (χ4n) is 5.69. The van der Waals surface area contributed by atoms with Gasteiger partial charge in [-0.2, -0.15) is 0 Å². The number of benzene rings is 1. The van der Waals surface area contributed by atoms with E-state index in [0.29, 0.717) is 57.3 Å². The van der Waals surface area contributed by atoms with Crippen LogP contribution < -0.4 is 10.6 Å². The van der Waals surface area contributed by atoms with Crippen molar-refractivity contribution in [3.8, 4) is 0 Å². The highest BCUT2D eigenvalue weighted by Crippen LogP contribution is 2.42. The first kappa shape index (κ1) is 30.2. The van der Waals surface area contributed by atoms with Crippen molar-refractivity contribution in [2.24, 2.45) is 5.73 Å². The van der Waals surface area contributed by atoms with Gasteiger partial charge in [-0.05, 0) is 43.9 Å². The number of carbonyl (C=O) groups excluding carboxylic acids is 2. The number of nitrogens with two attached hydrogens (primary N) is 1. The second-order valence-corrected chi connectivity index (χ2v) is 11.6. The average molecular weight is 572 g/mol. The maximum Gasteiger partial charge on any atom is 0.236 e. The van der Waals surface area contributed by atoms with E-state index in [1.54, 1.807) is 11.9 Å². The molecular weight excluding hydrogens is 530 g/mol. The predicted molar refractivity (Wildman–Crippen MR) is 156 cm³/mol. The van der Waals surface area contributed by atoms with Gasteiger partial charge >= 0.3 is 0 Å². The van der Waals surface area contributed by atoms with Gasteiger partial charge in [-0.25, -0.2) is 9.97 Å². The number of hydrogen-bond acceptors (Lipinski definition) is 8. The molecule has 11 heteroatoms. The first-order valence-corrected chi connectivity index (χ1v) is 14.5. The molecule has 40 heavy (non-hydrogen) atoms. The van der Waals surface area contributed by atoms with Gasteiger partial charge in [0.25, 0.3) is 0 Å². The fraction of sp³-hybridized carbons (Fsp3) is 0.586. The Morgan fingerprint density at radius 2 is 1.80 bits per heavy atom. The van der Waals surface area contributed by atoms with Gasteiger partial charge in [0.05, 0.1) is 24.3 Å². The molecule has 2 aliphatic rings. The largest absolute Gasteiger partial charge is 0.387 e. The molecule has 4 rings (SSSR count). The van der Waals surface area contributed by atoms with Gasteiger partial charge in [-0.3, -0.25) is 14.5 Å². The van der Waals surface area contributed by atoms with Crippen LogP contribution in [0.25, 0.3) is 0 Å². The predicted octanol–water partition coefficient (Wildman–Crippen LogP) is 2.23. The highest BCUT2D eigenvalue weighted by atomic mass is 35.5. The molecule has 1 saturated heterocycles. The Morgan fingerprint density at radius 3 is 2.42 bits per heavy atom. The Balaban J connectivity index is 1.49. The number of piperazine rings is 1. The number of anilines is 1. The minimum Gasteiger partial charge on any atom is -0.387 e. The van der Waals surface area contributed by atoms with Crippen molar-refractivity contribution >= 4 is 29.2 Å². The number of carbonyl (C=O) groups is 2. The molecule has 0 saturated carbocycles. The summed E-state index contributed by atoms with van der Waals surface area (Å²) in [5.41, 5.74) is 8.21. The number of hydrogen-bond donors (Lipinski definition) is 2. The number of amides is 2. The highest BCUT2D eigenvalue weighted by molar-refractivity contribution is 6.30. The van der Waals surface area contributed by atoms with Crippen LogP contribution in [0.4, 0.5) is 5.82 Å². The summed E-state index contributed by atoms with van der Waals surface area (Å²) in [7, 11) is 1.75. The molecule has 1 aliphatic heterocycles. The Hall–Kier alpha value is -2.79. The van der Waals surface area contributed by atoms with Gasteiger partial charge in [0.15, 0.2) is 0 Å². The first-order valence-electron chi connectivity index (χ1n) is 14.1. The Morgan fingerprint density at radius 1 is 1.12 bits per heavy atom. The van der Waals surface area contributed by atoms with Crippen LogP contribution in [0.2, 0.25) is 5.02 Å². The van der Waals surface area contributed by atoms with Crippen molar-refractivity contribution < 1.29 is 14.7 Å². The molecule has 2 aromatic rings. The summed E-state index contributed by atoms with van der Waals surface area (Å²) in [6.45, 7) is 10.4. The summed E-state index contributed by atoms with van der Waals surface area (Å²) in [5, 5.41) is 11.0. The lowest BCUT2D eigenvalue weighted by Crippen LogP contribution is -2.52. The molecule has 1 aromatic carbocycles. The van der Waals surface area contributed by atoms with Crippen LogP contribution in [0.1, 0.15) is 62.0 Å². The molecule has 10 nitrogen and oxygen atoms in total. The fourth-order valence-corrected chi connectivity index (χ4v) is 5.81. The van der Waals surface area contributed by atoms with Gasteiger partial charge in [0, 0.05) is 69.5 Å². The van der Waals surface area contributed by atoms with Crippen molar-refractivity contribution in [1.29, 1.82) is 0 Å². The molecule has 1 fully saturated rings. The quantitative estimate of drug-likeness (QED) is 0.446. The molecule has 2 amide bonds. The first-order chi connectivity index (χ1) is 19.1. The summed E-state index contributed by atoms with van der Waals surface area (Å²) in [6, 6.07) is 7.70. The van der Waals surface area contributed by atoms with Gasteiger partial charge in [0.1, 0.15) is 12.1 Å². The van der Waals surface area contributed by atoms with Crippen LogP contribution in [0, 0.1) is 0 Å². The van der Waals surface area contributed by atoms with Crippen molar-refractivity contribution in [3.63, 3.8) is 0 Å². The van der Waals surface area contributed by atoms with Crippen molar-refractivity contribution in [2.45, 2.75) is 51.2 Å². The zero-order valence-electron chi connectivity index (χ0n) is 24.0. The molecular formula is C29H42ClN7O3. The molecule has 0 bridgehead atoms. The number of fused-ring (bicyclic) bond motifs is 1. The zero-order valence-corrected chi connectivity index (χ0v) is 24.7. The number of aliphatic hydroxyl groups is 1. The van der Waals surface area contributed by atoms with Crippen LogP contribution in [-0.4, -0.2) is 107 Å². The third kappa shape index (κ3) is 6.74. The summed E-state index contributed by atoms with van der Waals surface area (Å²) in [6.07, 6.45) is 1.64. The lowest BCUT2D eigenvalue weighted by molar-refractivity contribution is -0.134. The Labute approximate surface area is 242 Å². The van der Waals surface area contributed by atoms with Crippen molar-refractivity contribution in [2.75, 3.05) is 64.3 Å². The number of aromatic nitrogens is 2. The summed E-state index contributed by atoms with van der Waals surface area (Å²) < 4.78 is 0. The van der Waals surface area contributed by atoms with E-state index in [2.05, 4.69) is 40.5 Å². The SMILES string of the molecule is CC(C)N(CCN(C)C(=O)CN)C[C@@H](C(=O)N1CCN(c2ncnc3c2[C@H](C)C[C@H]3O)CC1)c1ccc(Cl)cc1. The van der Waals surface area contributed by atoms with E-state index in [-0.39, 0.29) is 36.2 Å². The standard InChI is InChI=1S/C29H42ClN7O3/c1-19(2)37(10-9-34(4)25(39)16-31)17-23(21-5-7-22(30)8-6-21)29(40)36-13-11-35(12-14-36)28-26-20(3)15-24(38)27(26)32-18-33-28/h5-8,18-20,23-24,38H,9-17,31H2,1-4H3/t20-,23-,24-/m1/s1. The highest BCUT2D eigenvalue weighted by Gasteiger charge is 2.35. The lowest BCUT2D eigenvalue weighted by Gasteiger charge is -2.39. The molecule has 3 N–H and O–H groups in total. The molecule has 2 heterocycles. The second-order valence-electron chi connectivity index (χ2n) is 11.2. The number of rotatable bonds is 10. The van der Waals surface area contributed by atoms with Crippen molar-refractivity contribution in [1.82, 2.24) is 24.7 Å². The van der Waals surface area contributed by atoms with E-state index in [4.69, 9.17) is 17.3 Å². The van der Waals surface area contributed by atoms with Crippen LogP contribution in [0.5, 0.6) is 0 Å². The van der Waals surface area contributed by atoms with E-state index in [1.165, 1.54) is 6.33 Å². The summed E-state index contributed by atoms with van der Waals surface area (Å²) in [4.78, 5) is 43.0. The number of aliphatic hydroxyl groups excluding tert-OH is 1. The molecule has 0 spiro atoms. The van der Waals surface area contributed by atoms with E-state index in [1.807, 2.05) is 29.2 Å². The van der Waals surface area contributed by atoms with Gasteiger partial charge in [-0.1, -0.05) is 30.7 Å². The third-order valence-electron chi connectivity index (χ3n) is 8.21. The molecule has 0 radical (unpaired) electrons. The average Bonchev–Trinajstić information content (AvgIpc) is 3.25. The minimum absolute atomic E-state index is 0.0205. The summed E-state index contributed by atoms with van der Waals surface area (Å²) >= 11 is 6.18. The van der Waals surface area contributed by atoms with E-state index in [0.717, 1.165) is 22.6 Å². The van der Waals surface area contributed by atoms with E-state index >= 15 is 0 Å².